The average molecular weight is 393 g/mol. The van der Waals surface area contributed by atoms with E-state index < -0.39 is 0 Å². The van der Waals surface area contributed by atoms with Crippen LogP contribution in [-0.2, 0) is 16.0 Å². The van der Waals surface area contributed by atoms with Crippen LogP contribution in [0.3, 0.4) is 0 Å². The highest BCUT2D eigenvalue weighted by atomic mass is 35.5. The van der Waals surface area contributed by atoms with Gasteiger partial charge in [0, 0.05) is 16.6 Å². The maximum absolute atomic E-state index is 12.9. The summed E-state index contributed by atoms with van der Waals surface area (Å²) in [6.07, 6.45) is 2.37. The predicted molar refractivity (Wildman–Crippen MR) is 104 cm³/mol. The number of hydrogen-bond donors (Lipinski definition) is 0. The van der Waals surface area contributed by atoms with Crippen molar-refractivity contribution in [2.75, 3.05) is 6.61 Å². The molecule has 0 radical (unpaired) electrons. The molecule has 2 aromatic heterocycles. The van der Waals surface area contributed by atoms with Gasteiger partial charge in [-0.25, -0.2) is 0 Å². The molecule has 1 aromatic carbocycles. The Morgan fingerprint density at radius 3 is 2.76 bits per heavy atom. The van der Waals surface area contributed by atoms with Gasteiger partial charge in [0.15, 0.2) is 0 Å². The molecule has 0 amide bonds. The summed E-state index contributed by atoms with van der Waals surface area (Å²) < 4.78 is 6.05. The number of esters is 1. The molecule has 0 atom stereocenters. The molecule has 0 aliphatic rings. The number of ether oxygens (including phenoxy) is 1. The fraction of sp³-hybridized carbons (Fsp3) is 0.263. The minimum atomic E-state index is -0.263. The molecule has 0 aliphatic heterocycles. The Morgan fingerprint density at radius 2 is 2.04 bits per heavy atom. The zero-order valence-corrected chi connectivity index (χ0v) is 16.1. The van der Waals surface area contributed by atoms with Crippen LogP contribution >= 0.6 is 34.3 Å². The molecule has 0 saturated carbocycles. The minimum absolute atomic E-state index is 0.0716. The van der Waals surface area contributed by atoms with Crippen molar-refractivity contribution in [3.05, 3.63) is 56.1 Å². The third kappa shape index (κ3) is 4.29. The van der Waals surface area contributed by atoms with E-state index in [-0.39, 0.29) is 11.8 Å². The lowest BCUT2D eigenvalue weighted by Gasteiger charge is -2.05. The van der Waals surface area contributed by atoms with Gasteiger partial charge in [-0.1, -0.05) is 17.7 Å². The van der Waals surface area contributed by atoms with E-state index in [1.54, 1.807) is 0 Å². The highest BCUT2D eigenvalue weighted by molar-refractivity contribution is 7.22. The highest BCUT2D eigenvalue weighted by Gasteiger charge is 2.20. The highest BCUT2D eigenvalue weighted by Crippen LogP contribution is 2.36. The summed E-state index contributed by atoms with van der Waals surface area (Å²) in [5.41, 5.74) is 1.05. The molecule has 0 saturated heterocycles. The number of ketones is 1. The molecule has 0 N–H and O–H groups in total. The van der Waals surface area contributed by atoms with Crippen LogP contribution in [0.15, 0.2) is 35.7 Å². The Labute approximate surface area is 159 Å². The summed E-state index contributed by atoms with van der Waals surface area (Å²) in [5, 5.41) is 3.63. The van der Waals surface area contributed by atoms with Gasteiger partial charge in [-0.2, -0.15) is 0 Å². The zero-order chi connectivity index (χ0) is 17.8. The first-order valence-corrected chi connectivity index (χ1v) is 10.1. The van der Waals surface area contributed by atoms with Crippen molar-refractivity contribution in [1.82, 2.24) is 0 Å². The van der Waals surface area contributed by atoms with Crippen LogP contribution < -0.4 is 0 Å². The first-order chi connectivity index (χ1) is 12.1. The summed E-state index contributed by atoms with van der Waals surface area (Å²) in [6.45, 7) is 1.82. The van der Waals surface area contributed by atoms with Gasteiger partial charge in [0.1, 0.15) is 0 Å². The number of halogens is 1. The first kappa shape index (κ1) is 18.1. The summed E-state index contributed by atoms with van der Waals surface area (Å²) in [6, 6.07) is 9.50. The number of hydrogen-bond acceptors (Lipinski definition) is 5. The van der Waals surface area contributed by atoms with Crippen LogP contribution in [0.2, 0.25) is 5.02 Å². The van der Waals surface area contributed by atoms with Gasteiger partial charge in [-0.3, -0.25) is 9.59 Å². The first-order valence-electron chi connectivity index (χ1n) is 7.99. The van der Waals surface area contributed by atoms with Crippen LogP contribution in [-0.4, -0.2) is 18.4 Å². The van der Waals surface area contributed by atoms with E-state index in [0.717, 1.165) is 44.7 Å². The normalized spacial score (nSPS) is 11.0. The van der Waals surface area contributed by atoms with Crippen molar-refractivity contribution in [3.63, 3.8) is 0 Å². The van der Waals surface area contributed by atoms with Gasteiger partial charge < -0.3 is 4.74 Å². The lowest BCUT2D eigenvalue weighted by Crippen LogP contribution is -2.03. The smallest absolute Gasteiger partial charge is 0.302 e. The van der Waals surface area contributed by atoms with Crippen LogP contribution in [0.25, 0.3) is 10.1 Å². The standard InChI is InChI=1S/C19H17ClO3S2/c1-12(21)23-9-3-2-5-14-15-11-13(20)7-8-16(15)25-19(14)18(22)17-6-4-10-24-17/h4,6-8,10-11H,2-3,5,9H2,1H3. The molecule has 3 aromatic rings. The third-order valence-corrected chi connectivity index (χ3v) is 6.15. The number of carbonyl (C=O) groups excluding carboxylic acids is 2. The minimum Gasteiger partial charge on any atom is -0.466 e. The van der Waals surface area contributed by atoms with Gasteiger partial charge in [0.25, 0.3) is 0 Å². The van der Waals surface area contributed by atoms with Gasteiger partial charge in [0.2, 0.25) is 5.78 Å². The van der Waals surface area contributed by atoms with E-state index in [0.29, 0.717) is 11.6 Å². The Balaban J connectivity index is 1.87. The Bertz CT molecular complexity index is 897. The number of carbonyl (C=O) groups is 2. The Kier molecular flexibility index (Phi) is 5.89. The molecule has 6 heteroatoms. The topological polar surface area (TPSA) is 43.4 Å². The van der Waals surface area contributed by atoms with E-state index in [1.165, 1.54) is 29.6 Å². The monoisotopic (exact) mass is 392 g/mol. The van der Waals surface area contributed by atoms with E-state index in [4.69, 9.17) is 16.3 Å². The maximum Gasteiger partial charge on any atom is 0.302 e. The van der Waals surface area contributed by atoms with Crippen molar-refractivity contribution in [1.29, 1.82) is 0 Å². The second-order valence-corrected chi connectivity index (χ2v) is 8.09. The fourth-order valence-electron chi connectivity index (χ4n) is 2.69. The largest absolute Gasteiger partial charge is 0.466 e. The van der Waals surface area contributed by atoms with Crippen LogP contribution in [0, 0.1) is 0 Å². The molecule has 0 spiro atoms. The van der Waals surface area contributed by atoms with Crippen LogP contribution in [0.1, 0.15) is 39.9 Å². The summed E-state index contributed by atoms with van der Waals surface area (Å²) in [7, 11) is 0. The molecule has 25 heavy (non-hydrogen) atoms. The van der Waals surface area contributed by atoms with Crippen molar-refractivity contribution < 1.29 is 14.3 Å². The van der Waals surface area contributed by atoms with Crippen molar-refractivity contribution in [2.45, 2.75) is 26.2 Å². The van der Waals surface area contributed by atoms with E-state index in [2.05, 4.69) is 0 Å². The summed E-state index contributed by atoms with van der Waals surface area (Å²) in [5.74, 6) is -0.191. The average Bonchev–Trinajstić information content (AvgIpc) is 3.22. The molecule has 3 rings (SSSR count). The lowest BCUT2D eigenvalue weighted by atomic mass is 10.0. The molecule has 2 heterocycles. The van der Waals surface area contributed by atoms with Gasteiger partial charge in [-0.15, -0.1) is 22.7 Å². The second-order valence-electron chi connectivity index (χ2n) is 5.65. The number of rotatable bonds is 7. The zero-order valence-electron chi connectivity index (χ0n) is 13.7. The van der Waals surface area contributed by atoms with Crippen LogP contribution in [0.4, 0.5) is 0 Å². The SMILES string of the molecule is CC(=O)OCCCCc1c(C(=O)c2cccs2)sc2ccc(Cl)cc12. The van der Waals surface area contributed by atoms with Gasteiger partial charge >= 0.3 is 5.97 Å². The summed E-state index contributed by atoms with van der Waals surface area (Å²) >= 11 is 9.14. The maximum atomic E-state index is 12.9. The van der Waals surface area contributed by atoms with Crippen molar-refractivity contribution in [2.24, 2.45) is 0 Å². The van der Waals surface area contributed by atoms with E-state index in [1.807, 2.05) is 35.7 Å². The van der Waals surface area contributed by atoms with E-state index in [9.17, 15) is 9.59 Å². The number of aryl methyl sites for hydroxylation is 1. The van der Waals surface area contributed by atoms with Crippen molar-refractivity contribution >= 4 is 56.1 Å². The molecule has 3 nitrogen and oxygen atoms in total. The van der Waals surface area contributed by atoms with Crippen molar-refractivity contribution in [3.8, 4) is 0 Å². The van der Waals surface area contributed by atoms with Gasteiger partial charge in [0.05, 0.1) is 16.4 Å². The third-order valence-electron chi connectivity index (χ3n) is 3.83. The fourth-order valence-corrected chi connectivity index (χ4v) is 4.78. The molecule has 0 fully saturated rings. The molecular weight excluding hydrogens is 376 g/mol. The van der Waals surface area contributed by atoms with Gasteiger partial charge in [-0.05, 0) is 59.9 Å². The number of fused-ring (bicyclic) bond motifs is 1. The van der Waals surface area contributed by atoms with Crippen LogP contribution in [0.5, 0.6) is 0 Å². The molecule has 0 bridgehead atoms. The lowest BCUT2D eigenvalue weighted by molar-refractivity contribution is -0.141. The Morgan fingerprint density at radius 1 is 1.20 bits per heavy atom. The number of unbranched alkanes of at least 4 members (excludes halogenated alkanes) is 1. The number of benzene rings is 1. The second kappa shape index (κ2) is 8.13. The molecule has 130 valence electrons. The summed E-state index contributed by atoms with van der Waals surface area (Å²) in [4.78, 5) is 25.3. The Hall–Kier alpha value is -1.69. The molecule has 0 unspecified atom stereocenters. The quantitative estimate of drug-likeness (QED) is 0.293. The number of thiophene rings is 2. The molecular formula is C19H17ClO3S2. The molecule has 0 aliphatic carbocycles. The predicted octanol–water partition coefficient (Wildman–Crippen LogP) is 5.73. The van der Waals surface area contributed by atoms with E-state index >= 15 is 0 Å².